The highest BCUT2D eigenvalue weighted by Gasteiger charge is 2.13. The van der Waals surface area contributed by atoms with Crippen molar-refractivity contribution in [2.75, 3.05) is 11.8 Å². The average molecular weight is 287 g/mol. The maximum absolute atomic E-state index is 12.2. The quantitative estimate of drug-likeness (QED) is 0.879. The summed E-state index contributed by atoms with van der Waals surface area (Å²) in [6.07, 6.45) is 5.25. The highest BCUT2D eigenvalue weighted by molar-refractivity contribution is 7.92. The van der Waals surface area contributed by atoms with Crippen LogP contribution in [0, 0.1) is 12.3 Å². The Morgan fingerprint density at radius 2 is 1.65 bits per heavy atom. The van der Waals surface area contributed by atoms with Crippen molar-refractivity contribution in [2.45, 2.75) is 4.90 Å². The topological polar surface area (TPSA) is 55.4 Å². The van der Waals surface area contributed by atoms with E-state index in [2.05, 4.69) is 10.6 Å². The minimum Gasteiger partial charge on any atom is -0.497 e. The van der Waals surface area contributed by atoms with Crippen LogP contribution < -0.4 is 9.46 Å². The van der Waals surface area contributed by atoms with Crippen molar-refractivity contribution in [1.29, 1.82) is 0 Å². The van der Waals surface area contributed by atoms with Crippen LogP contribution in [0.3, 0.4) is 0 Å². The molecule has 0 aromatic heterocycles. The van der Waals surface area contributed by atoms with E-state index < -0.39 is 10.0 Å². The SMILES string of the molecule is C#Cc1ccc(NS(=O)(=O)c2ccc(OC)cc2)cc1. The Bertz CT molecular complexity index is 726. The number of anilines is 1. The van der Waals surface area contributed by atoms with E-state index >= 15 is 0 Å². The first-order valence-corrected chi connectivity index (χ1v) is 7.27. The van der Waals surface area contributed by atoms with Crippen molar-refractivity contribution in [3.05, 3.63) is 54.1 Å². The van der Waals surface area contributed by atoms with Gasteiger partial charge in [-0.05, 0) is 48.5 Å². The molecule has 1 N–H and O–H groups in total. The molecule has 0 bridgehead atoms. The van der Waals surface area contributed by atoms with Crippen LogP contribution in [0.1, 0.15) is 5.56 Å². The zero-order valence-electron chi connectivity index (χ0n) is 10.8. The number of sulfonamides is 1. The Kier molecular flexibility index (Phi) is 3.97. The second-order valence-electron chi connectivity index (χ2n) is 4.00. The van der Waals surface area contributed by atoms with Crippen LogP contribution in [-0.4, -0.2) is 15.5 Å². The number of hydrogen-bond donors (Lipinski definition) is 1. The summed E-state index contributed by atoms with van der Waals surface area (Å²) < 4.78 is 31.8. The summed E-state index contributed by atoms with van der Waals surface area (Å²) in [5.74, 6) is 3.07. The second-order valence-corrected chi connectivity index (χ2v) is 5.69. The van der Waals surface area contributed by atoms with Crippen molar-refractivity contribution in [2.24, 2.45) is 0 Å². The molecule has 2 rings (SSSR count). The van der Waals surface area contributed by atoms with Crippen LogP contribution >= 0.6 is 0 Å². The molecular formula is C15H13NO3S. The molecule has 0 heterocycles. The zero-order chi connectivity index (χ0) is 14.6. The number of methoxy groups -OCH3 is 1. The van der Waals surface area contributed by atoms with Gasteiger partial charge in [-0.3, -0.25) is 4.72 Å². The van der Waals surface area contributed by atoms with E-state index in [1.165, 1.54) is 19.2 Å². The summed E-state index contributed by atoms with van der Waals surface area (Å²) in [7, 11) is -2.09. The molecule has 4 nitrogen and oxygen atoms in total. The number of hydrogen-bond acceptors (Lipinski definition) is 3. The number of benzene rings is 2. The molecule has 5 heteroatoms. The molecule has 102 valence electrons. The maximum atomic E-state index is 12.2. The normalized spacial score (nSPS) is 10.6. The minimum absolute atomic E-state index is 0.166. The van der Waals surface area contributed by atoms with Crippen molar-refractivity contribution in [3.63, 3.8) is 0 Å². The summed E-state index contributed by atoms with van der Waals surface area (Å²) in [6.45, 7) is 0. The van der Waals surface area contributed by atoms with Crippen molar-refractivity contribution in [3.8, 4) is 18.1 Å². The molecule has 0 aliphatic heterocycles. The number of ether oxygens (including phenoxy) is 1. The Balaban J connectivity index is 2.23. The fourth-order valence-electron chi connectivity index (χ4n) is 1.60. The van der Waals surface area contributed by atoms with E-state index in [-0.39, 0.29) is 4.90 Å². The molecule has 2 aromatic rings. The summed E-state index contributed by atoms with van der Waals surface area (Å²) in [4.78, 5) is 0.166. The number of rotatable bonds is 4. The van der Waals surface area contributed by atoms with Gasteiger partial charge in [0.1, 0.15) is 5.75 Å². The van der Waals surface area contributed by atoms with E-state index in [0.717, 1.165) is 0 Å². The molecule has 0 spiro atoms. The lowest BCUT2D eigenvalue weighted by Crippen LogP contribution is -2.12. The summed E-state index contributed by atoms with van der Waals surface area (Å²) in [5.41, 5.74) is 1.15. The summed E-state index contributed by atoms with van der Waals surface area (Å²) in [6, 6.07) is 12.7. The summed E-state index contributed by atoms with van der Waals surface area (Å²) >= 11 is 0. The Hall–Kier alpha value is -2.45. The maximum Gasteiger partial charge on any atom is 0.261 e. The monoisotopic (exact) mass is 287 g/mol. The molecule has 0 radical (unpaired) electrons. The van der Waals surface area contributed by atoms with Crippen LogP contribution in [0.4, 0.5) is 5.69 Å². The van der Waals surface area contributed by atoms with E-state index in [9.17, 15) is 8.42 Å². The first-order chi connectivity index (χ1) is 9.55. The first kappa shape index (κ1) is 14.0. The molecule has 0 fully saturated rings. The standard InChI is InChI=1S/C15H13NO3S/c1-3-12-4-6-13(7-5-12)16-20(17,18)15-10-8-14(19-2)9-11-15/h1,4-11,16H,2H3. The molecule has 0 amide bonds. The molecule has 0 saturated carbocycles. The van der Waals surface area contributed by atoms with Crippen LogP contribution in [0.15, 0.2) is 53.4 Å². The Labute approximate surface area is 118 Å². The van der Waals surface area contributed by atoms with Crippen LogP contribution in [0.5, 0.6) is 5.75 Å². The molecule has 0 aliphatic carbocycles. The molecule has 20 heavy (non-hydrogen) atoms. The van der Waals surface area contributed by atoms with Crippen molar-refractivity contribution in [1.82, 2.24) is 0 Å². The third kappa shape index (κ3) is 3.11. The van der Waals surface area contributed by atoms with Gasteiger partial charge in [0.25, 0.3) is 10.0 Å². The second kappa shape index (κ2) is 5.68. The fraction of sp³-hybridized carbons (Fsp3) is 0.0667. The van der Waals surface area contributed by atoms with Gasteiger partial charge in [0.15, 0.2) is 0 Å². The largest absolute Gasteiger partial charge is 0.497 e. The van der Waals surface area contributed by atoms with Crippen molar-refractivity contribution >= 4 is 15.7 Å². The van der Waals surface area contributed by atoms with Crippen LogP contribution in [0.2, 0.25) is 0 Å². The highest BCUT2D eigenvalue weighted by Crippen LogP contribution is 2.19. The summed E-state index contributed by atoms with van der Waals surface area (Å²) in [5, 5.41) is 0. The van der Waals surface area contributed by atoms with Gasteiger partial charge in [0, 0.05) is 11.3 Å². The van der Waals surface area contributed by atoms with Gasteiger partial charge in [-0.15, -0.1) is 6.42 Å². The highest BCUT2D eigenvalue weighted by atomic mass is 32.2. The average Bonchev–Trinajstić information content (AvgIpc) is 2.48. The van der Waals surface area contributed by atoms with E-state index in [4.69, 9.17) is 11.2 Å². The zero-order valence-corrected chi connectivity index (χ0v) is 11.6. The fourth-order valence-corrected chi connectivity index (χ4v) is 2.66. The lowest BCUT2D eigenvalue weighted by atomic mass is 10.2. The van der Waals surface area contributed by atoms with Gasteiger partial charge in [0.2, 0.25) is 0 Å². The smallest absolute Gasteiger partial charge is 0.261 e. The van der Waals surface area contributed by atoms with E-state index in [1.54, 1.807) is 36.4 Å². The van der Waals surface area contributed by atoms with Gasteiger partial charge in [-0.1, -0.05) is 5.92 Å². The Morgan fingerprint density at radius 1 is 1.05 bits per heavy atom. The molecule has 0 aliphatic rings. The van der Waals surface area contributed by atoms with Gasteiger partial charge >= 0.3 is 0 Å². The minimum atomic E-state index is -3.62. The van der Waals surface area contributed by atoms with Crippen molar-refractivity contribution < 1.29 is 13.2 Å². The first-order valence-electron chi connectivity index (χ1n) is 5.79. The van der Waals surface area contributed by atoms with Gasteiger partial charge < -0.3 is 4.74 Å². The molecule has 0 unspecified atom stereocenters. The number of nitrogens with one attached hydrogen (secondary N) is 1. The van der Waals surface area contributed by atoms with Gasteiger partial charge in [-0.2, -0.15) is 0 Å². The third-order valence-electron chi connectivity index (χ3n) is 2.67. The predicted molar refractivity (Wildman–Crippen MR) is 78.2 cm³/mol. The molecule has 2 aromatic carbocycles. The van der Waals surface area contributed by atoms with E-state index in [1.807, 2.05) is 0 Å². The lowest BCUT2D eigenvalue weighted by molar-refractivity contribution is 0.414. The lowest BCUT2D eigenvalue weighted by Gasteiger charge is -2.08. The van der Waals surface area contributed by atoms with E-state index in [0.29, 0.717) is 17.0 Å². The number of terminal acetylenes is 1. The van der Waals surface area contributed by atoms with Gasteiger partial charge in [0.05, 0.1) is 12.0 Å². The molecular weight excluding hydrogens is 274 g/mol. The van der Waals surface area contributed by atoms with Crippen LogP contribution in [-0.2, 0) is 10.0 Å². The molecule has 0 saturated heterocycles. The van der Waals surface area contributed by atoms with Gasteiger partial charge in [-0.25, -0.2) is 8.42 Å². The predicted octanol–water partition coefficient (Wildman–Crippen LogP) is 2.48. The van der Waals surface area contributed by atoms with Crippen LogP contribution in [0.25, 0.3) is 0 Å². The Morgan fingerprint density at radius 3 is 2.15 bits per heavy atom. The third-order valence-corrected chi connectivity index (χ3v) is 4.07. The molecule has 0 atom stereocenters.